The molecule has 1 aromatic carbocycles. The van der Waals surface area contributed by atoms with Crippen LogP contribution < -0.4 is 15.2 Å². The molecule has 0 amide bonds. The molecule has 1 aromatic rings. The summed E-state index contributed by atoms with van der Waals surface area (Å²) in [4.78, 5) is 0. The average Bonchev–Trinajstić information content (AvgIpc) is 2.47. The van der Waals surface area contributed by atoms with E-state index in [1.54, 1.807) is 0 Å². The van der Waals surface area contributed by atoms with Gasteiger partial charge in [-0.05, 0) is 25.5 Å². The molecule has 0 aromatic heterocycles. The second-order valence-electron chi connectivity index (χ2n) is 4.09. The van der Waals surface area contributed by atoms with Gasteiger partial charge in [-0.25, -0.2) is 0 Å². The Hall–Kier alpha value is -0.740. The number of nitrogens with two attached hydrogens (primary N) is 1. The van der Waals surface area contributed by atoms with Crippen molar-refractivity contribution in [3.05, 3.63) is 22.2 Å². The number of ether oxygens (including phenoxy) is 2. The maximum atomic E-state index is 5.85. The fraction of sp³-hybridized carbons (Fsp3) is 0.500. The van der Waals surface area contributed by atoms with E-state index in [2.05, 4.69) is 15.9 Å². The first kappa shape index (κ1) is 11.7. The standard InChI is InChI=1S/C12H16BrNO2/c1-8(14)7-9-10(13)3-4-11-12(9)16-6-2-5-15-11/h3-4,8H,2,5-7,14H2,1H3. The predicted molar refractivity (Wildman–Crippen MR) is 67.1 cm³/mol. The van der Waals surface area contributed by atoms with Crippen LogP contribution >= 0.6 is 15.9 Å². The molecule has 0 bridgehead atoms. The molecule has 88 valence electrons. The van der Waals surface area contributed by atoms with Gasteiger partial charge in [0.25, 0.3) is 0 Å². The Morgan fingerprint density at radius 3 is 2.88 bits per heavy atom. The van der Waals surface area contributed by atoms with Gasteiger partial charge in [0.15, 0.2) is 11.5 Å². The van der Waals surface area contributed by atoms with E-state index in [-0.39, 0.29) is 6.04 Å². The summed E-state index contributed by atoms with van der Waals surface area (Å²) in [5.41, 5.74) is 6.95. The monoisotopic (exact) mass is 285 g/mol. The molecule has 0 fully saturated rings. The topological polar surface area (TPSA) is 44.5 Å². The molecule has 1 aliphatic rings. The van der Waals surface area contributed by atoms with E-state index in [4.69, 9.17) is 15.2 Å². The Labute approximate surface area is 104 Å². The van der Waals surface area contributed by atoms with Crippen molar-refractivity contribution < 1.29 is 9.47 Å². The second kappa shape index (κ2) is 5.06. The summed E-state index contributed by atoms with van der Waals surface area (Å²) >= 11 is 3.54. The summed E-state index contributed by atoms with van der Waals surface area (Å²) in [5, 5.41) is 0. The lowest BCUT2D eigenvalue weighted by molar-refractivity contribution is 0.296. The third-order valence-electron chi connectivity index (χ3n) is 2.49. The van der Waals surface area contributed by atoms with Crippen molar-refractivity contribution >= 4 is 15.9 Å². The number of benzene rings is 1. The number of halogens is 1. The van der Waals surface area contributed by atoms with Crippen LogP contribution in [0, 0.1) is 0 Å². The maximum Gasteiger partial charge on any atom is 0.165 e. The zero-order valence-electron chi connectivity index (χ0n) is 9.33. The first-order valence-electron chi connectivity index (χ1n) is 5.51. The summed E-state index contributed by atoms with van der Waals surface area (Å²) in [6.45, 7) is 3.41. The van der Waals surface area contributed by atoms with E-state index in [1.165, 1.54) is 0 Å². The summed E-state index contributed by atoms with van der Waals surface area (Å²) in [6.07, 6.45) is 1.71. The van der Waals surface area contributed by atoms with Gasteiger partial charge < -0.3 is 15.2 Å². The molecule has 1 unspecified atom stereocenters. The van der Waals surface area contributed by atoms with Crippen LogP contribution in [0.5, 0.6) is 11.5 Å². The van der Waals surface area contributed by atoms with Crippen LogP contribution in [0.2, 0.25) is 0 Å². The molecule has 4 heteroatoms. The highest BCUT2D eigenvalue weighted by atomic mass is 79.9. The Balaban J connectivity index is 2.40. The third-order valence-corrected chi connectivity index (χ3v) is 3.23. The molecular weight excluding hydrogens is 270 g/mol. The SMILES string of the molecule is CC(N)Cc1c(Br)ccc2c1OCCCO2. The van der Waals surface area contributed by atoms with Crippen molar-refractivity contribution in [2.45, 2.75) is 25.8 Å². The van der Waals surface area contributed by atoms with E-state index in [9.17, 15) is 0 Å². The number of fused-ring (bicyclic) bond motifs is 1. The van der Waals surface area contributed by atoms with Gasteiger partial charge in [0, 0.05) is 22.5 Å². The summed E-state index contributed by atoms with van der Waals surface area (Å²) in [7, 11) is 0. The molecule has 0 radical (unpaired) electrons. The molecule has 2 rings (SSSR count). The molecule has 3 nitrogen and oxygen atoms in total. The van der Waals surface area contributed by atoms with Crippen molar-refractivity contribution in [2.24, 2.45) is 5.73 Å². The fourth-order valence-electron chi connectivity index (χ4n) is 1.78. The second-order valence-corrected chi connectivity index (χ2v) is 4.94. The zero-order chi connectivity index (χ0) is 11.5. The average molecular weight is 286 g/mol. The number of hydrogen-bond donors (Lipinski definition) is 1. The van der Waals surface area contributed by atoms with E-state index in [1.807, 2.05) is 19.1 Å². The Morgan fingerprint density at radius 2 is 2.12 bits per heavy atom. The van der Waals surface area contributed by atoms with Gasteiger partial charge in [0.05, 0.1) is 13.2 Å². The van der Waals surface area contributed by atoms with Crippen molar-refractivity contribution in [3.8, 4) is 11.5 Å². The van der Waals surface area contributed by atoms with E-state index in [0.717, 1.165) is 34.4 Å². The van der Waals surface area contributed by atoms with Gasteiger partial charge in [0.2, 0.25) is 0 Å². The highest BCUT2D eigenvalue weighted by Crippen LogP contribution is 2.38. The van der Waals surface area contributed by atoms with Crippen LogP contribution in [0.25, 0.3) is 0 Å². The van der Waals surface area contributed by atoms with Gasteiger partial charge in [-0.3, -0.25) is 0 Å². The van der Waals surface area contributed by atoms with Crippen molar-refractivity contribution in [3.63, 3.8) is 0 Å². The lowest BCUT2D eigenvalue weighted by Gasteiger charge is -2.15. The van der Waals surface area contributed by atoms with Gasteiger partial charge >= 0.3 is 0 Å². The highest BCUT2D eigenvalue weighted by Gasteiger charge is 2.18. The smallest absolute Gasteiger partial charge is 0.165 e. The maximum absolute atomic E-state index is 5.85. The van der Waals surface area contributed by atoms with E-state index < -0.39 is 0 Å². The highest BCUT2D eigenvalue weighted by molar-refractivity contribution is 9.10. The normalized spacial score (nSPS) is 16.7. The molecule has 0 spiro atoms. The molecule has 2 N–H and O–H groups in total. The minimum atomic E-state index is 0.106. The summed E-state index contributed by atoms with van der Waals surface area (Å²) < 4.78 is 12.4. The van der Waals surface area contributed by atoms with Crippen LogP contribution in [0.3, 0.4) is 0 Å². The predicted octanol–water partition coefficient (Wildman–Crippen LogP) is 2.50. The van der Waals surface area contributed by atoms with Crippen LogP contribution in [-0.4, -0.2) is 19.3 Å². The van der Waals surface area contributed by atoms with Gasteiger partial charge in [-0.15, -0.1) is 0 Å². The van der Waals surface area contributed by atoms with E-state index >= 15 is 0 Å². The minimum Gasteiger partial charge on any atom is -0.490 e. The lowest BCUT2D eigenvalue weighted by Crippen LogP contribution is -2.18. The molecule has 0 saturated carbocycles. The first-order valence-corrected chi connectivity index (χ1v) is 6.30. The molecule has 0 saturated heterocycles. The Bertz CT molecular complexity index is 380. The molecular formula is C12H16BrNO2. The van der Waals surface area contributed by atoms with Gasteiger partial charge in [0.1, 0.15) is 0 Å². The van der Waals surface area contributed by atoms with Crippen LogP contribution in [0.1, 0.15) is 18.9 Å². The fourth-order valence-corrected chi connectivity index (χ4v) is 2.26. The Morgan fingerprint density at radius 1 is 1.38 bits per heavy atom. The summed E-state index contributed by atoms with van der Waals surface area (Å²) in [6, 6.07) is 4.04. The van der Waals surface area contributed by atoms with Crippen molar-refractivity contribution in [1.82, 2.24) is 0 Å². The third kappa shape index (κ3) is 2.50. The van der Waals surface area contributed by atoms with Gasteiger partial charge in [-0.1, -0.05) is 15.9 Å². The van der Waals surface area contributed by atoms with Crippen LogP contribution in [0.15, 0.2) is 16.6 Å². The molecule has 0 aliphatic carbocycles. The minimum absolute atomic E-state index is 0.106. The zero-order valence-corrected chi connectivity index (χ0v) is 10.9. The molecule has 1 atom stereocenters. The van der Waals surface area contributed by atoms with Crippen molar-refractivity contribution in [1.29, 1.82) is 0 Å². The van der Waals surface area contributed by atoms with Crippen LogP contribution in [0.4, 0.5) is 0 Å². The Kier molecular flexibility index (Phi) is 3.71. The number of rotatable bonds is 2. The van der Waals surface area contributed by atoms with Gasteiger partial charge in [-0.2, -0.15) is 0 Å². The summed E-state index contributed by atoms with van der Waals surface area (Å²) in [5.74, 6) is 1.68. The largest absolute Gasteiger partial charge is 0.490 e. The first-order chi connectivity index (χ1) is 7.68. The van der Waals surface area contributed by atoms with Crippen molar-refractivity contribution in [2.75, 3.05) is 13.2 Å². The molecule has 1 aliphatic heterocycles. The number of hydrogen-bond acceptors (Lipinski definition) is 3. The van der Waals surface area contributed by atoms with E-state index in [0.29, 0.717) is 13.2 Å². The quantitative estimate of drug-likeness (QED) is 0.908. The lowest BCUT2D eigenvalue weighted by atomic mass is 10.1. The van der Waals surface area contributed by atoms with Crippen LogP contribution in [-0.2, 0) is 6.42 Å². The molecule has 16 heavy (non-hydrogen) atoms. The molecule has 1 heterocycles.